The first kappa shape index (κ1) is 13.4. The monoisotopic (exact) mass is 270 g/mol. The van der Waals surface area contributed by atoms with Crippen LogP contribution >= 0.6 is 0 Å². The molecule has 0 spiro atoms. The van der Waals surface area contributed by atoms with Crippen molar-refractivity contribution < 1.29 is 19.6 Å². The first-order chi connectivity index (χ1) is 9.02. The lowest BCUT2D eigenvalue weighted by atomic mass is 10.3. The number of ether oxygens (including phenoxy) is 1. The summed E-state index contributed by atoms with van der Waals surface area (Å²) in [5.41, 5.74) is 0. The fourth-order valence-corrected chi connectivity index (χ4v) is 1.91. The van der Waals surface area contributed by atoms with Crippen LogP contribution in [0.15, 0.2) is 12.4 Å². The van der Waals surface area contributed by atoms with Gasteiger partial charge in [-0.05, 0) is 4.92 Å². The topological polar surface area (TPSA) is 111 Å². The van der Waals surface area contributed by atoms with Crippen LogP contribution in [0.1, 0.15) is 0 Å². The predicted octanol–water partition coefficient (Wildman–Crippen LogP) is -0.991. The van der Waals surface area contributed by atoms with Crippen molar-refractivity contribution in [3.63, 3.8) is 0 Å². The molecule has 19 heavy (non-hydrogen) atoms. The summed E-state index contributed by atoms with van der Waals surface area (Å²) in [6, 6.07) is -0.308. The fourth-order valence-electron chi connectivity index (χ4n) is 1.91. The summed E-state index contributed by atoms with van der Waals surface area (Å²) in [7, 11) is 1.31. The molecule has 1 aromatic rings. The number of carbonyl (C=O) groups is 1. The smallest absolute Gasteiger partial charge is 0.434 e. The molecule has 1 saturated heterocycles. The minimum atomic E-state index is -0.817. The normalized spacial score (nSPS) is 22.8. The van der Waals surface area contributed by atoms with Crippen molar-refractivity contribution in [3.8, 4) is 0 Å². The van der Waals surface area contributed by atoms with Crippen molar-refractivity contribution in [2.45, 2.75) is 18.7 Å². The highest BCUT2D eigenvalue weighted by molar-refractivity contribution is 5.78. The Morgan fingerprint density at radius 2 is 2.47 bits per heavy atom. The van der Waals surface area contributed by atoms with E-state index < -0.39 is 11.0 Å². The van der Waals surface area contributed by atoms with Gasteiger partial charge in [0.05, 0.1) is 19.8 Å². The summed E-state index contributed by atoms with van der Waals surface area (Å²) < 4.78 is 5.84. The van der Waals surface area contributed by atoms with Crippen molar-refractivity contribution in [3.05, 3.63) is 22.5 Å². The third-order valence-corrected chi connectivity index (χ3v) is 2.90. The number of rotatable bonds is 6. The van der Waals surface area contributed by atoms with Gasteiger partial charge >= 0.3 is 11.9 Å². The van der Waals surface area contributed by atoms with Gasteiger partial charge in [0.1, 0.15) is 18.4 Å². The first-order valence-electron chi connectivity index (χ1n) is 5.68. The SMILES string of the molecule is COC(=O)C1CN1CC(O)Cn1ccnc1[N+](=O)[O-]. The van der Waals surface area contributed by atoms with Gasteiger partial charge in [-0.15, -0.1) is 0 Å². The summed E-state index contributed by atoms with van der Waals surface area (Å²) in [6.07, 6.45) is 1.92. The summed E-state index contributed by atoms with van der Waals surface area (Å²) in [6.45, 7) is 0.853. The van der Waals surface area contributed by atoms with Gasteiger partial charge in [-0.3, -0.25) is 9.69 Å². The zero-order valence-corrected chi connectivity index (χ0v) is 10.3. The Morgan fingerprint density at radius 1 is 1.74 bits per heavy atom. The maximum Gasteiger partial charge on any atom is 0.434 e. The van der Waals surface area contributed by atoms with E-state index in [0.717, 1.165) is 0 Å². The van der Waals surface area contributed by atoms with Gasteiger partial charge in [0, 0.05) is 13.1 Å². The van der Waals surface area contributed by atoms with Gasteiger partial charge in [-0.2, -0.15) is 0 Å². The number of esters is 1. The Hall–Kier alpha value is -2.00. The van der Waals surface area contributed by atoms with Crippen LogP contribution in [0, 0.1) is 10.1 Å². The predicted molar refractivity (Wildman–Crippen MR) is 62.3 cm³/mol. The molecule has 0 aromatic carbocycles. The van der Waals surface area contributed by atoms with Gasteiger partial charge in [-0.1, -0.05) is 4.98 Å². The lowest BCUT2D eigenvalue weighted by Crippen LogP contribution is -2.27. The molecule has 1 aliphatic heterocycles. The Bertz CT molecular complexity index is 488. The molecular weight excluding hydrogens is 256 g/mol. The average Bonchev–Trinajstić information content (AvgIpc) is 2.95. The van der Waals surface area contributed by atoms with E-state index in [4.69, 9.17) is 0 Å². The van der Waals surface area contributed by atoms with Crippen LogP contribution in [0.4, 0.5) is 5.95 Å². The van der Waals surface area contributed by atoms with E-state index >= 15 is 0 Å². The second kappa shape index (κ2) is 5.33. The summed E-state index contributed by atoms with van der Waals surface area (Å²) in [5, 5.41) is 20.5. The summed E-state index contributed by atoms with van der Waals surface area (Å²) >= 11 is 0. The molecule has 2 rings (SSSR count). The van der Waals surface area contributed by atoms with Crippen molar-refractivity contribution in [1.29, 1.82) is 0 Å². The molecule has 1 aliphatic rings. The van der Waals surface area contributed by atoms with Crippen LogP contribution in [0.2, 0.25) is 0 Å². The zero-order valence-electron chi connectivity index (χ0n) is 10.3. The lowest BCUT2D eigenvalue weighted by molar-refractivity contribution is -0.397. The number of nitro groups is 1. The molecule has 1 N–H and O–H groups in total. The van der Waals surface area contributed by atoms with Gasteiger partial charge in [0.25, 0.3) is 0 Å². The van der Waals surface area contributed by atoms with E-state index in [2.05, 4.69) is 9.72 Å². The summed E-state index contributed by atoms with van der Waals surface area (Å²) in [5.74, 6) is -0.643. The molecule has 0 radical (unpaired) electrons. The number of imidazole rings is 1. The van der Waals surface area contributed by atoms with Crippen LogP contribution in [0.25, 0.3) is 0 Å². The van der Waals surface area contributed by atoms with E-state index in [9.17, 15) is 20.0 Å². The van der Waals surface area contributed by atoms with Gasteiger partial charge in [0.15, 0.2) is 0 Å². The Kier molecular flexibility index (Phi) is 3.76. The number of aliphatic hydroxyl groups is 1. The molecule has 9 nitrogen and oxygen atoms in total. The number of hydrogen-bond donors (Lipinski definition) is 1. The van der Waals surface area contributed by atoms with Crippen molar-refractivity contribution in [2.24, 2.45) is 0 Å². The molecule has 1 fully saturated rings. The molecular formula is C10H14N4O5. The number of aromatic nitrogens is 2. The maximum absolute atomic E-state index is 11.2. The third-order valence-electron chi connectivity index (χ3n) is 2.90. The molecule has 1 aromatic heterocycles. The standard InChI is InChI=1S/C10H14N4O5/c1-19-9(16)8-6-13(8)5-7(15)4-12-3-2-11-10(12)14(17)18/h2-3,7-8,15H,4-6H2,1H3. The second-order valence-electron chi connectivity index (χ2n) is 4.28. The van der Waals surface area contributed by atoms with E-state index in [1.165, 1.54) is 24.1 Å². The fraction of sp³-hybridized carbons (Fsp3) is 0.600. The van der Waals surface area contributed by atoms with Gasteiger partial charge in [-0.25, -0.2) is 4.57 Å². The van der Waals surface area contributed by atoms with Crippen LogP contribution in [-0.4, -0.2) is 62.8 Å². The van der Waals surface area contributed by atoms with E-state index in [1.807, 2.05) is 0 Å². The van der Waals surface area contributed by atoms with Crippen LogP contribution in [0.3, 0.4) is 0 Å². The molecule has 2 heterocycles. The lowest BCUT2D eigenvalue weighted by Gasteiger charge is -2.10. The summed E-state index contributed by atoms with van der Waals surface area (Å²) in [4.78, 5) is 26.5. The maximum atomic E-state index is 11.2. The van der Waals surface area contributed by atoms with E-state index in [0.29, 0.717) is 6.54 Å². The van der Waals surface area contributed by atoms with Crippen LogP contribution in [0.5, 0.6) is 0 Å². The molecule has 0 saturated carbocycles. The van der Waals surface area contributed by atoms with Gasteiger partial charge < -0.3 is 20.0 Å². The molecule has 0 bridgehead atoms. The molecule has 9 heteroatoms. The minimum Gasteiger partial charge on any atom is -0.468 e. The molecule has 3 atom stereocenters. The van der Waals surface area contributed by atoms with Crippen molar-refractivity contribution in [2.75, 3.05) is 20.2 Å². The Labute approximate surface area is 108 Å². The second-order valence-corrected chi connectivity index (χ2v) is 4.28. The number of methoxy groups -OCH3 is 1. The molecule has 3 unspecified atom stereocenters. The number of nitrogens with zero attached hydrogens (tertiary/aromatic N) is 4. The van der Waals surface area contributed by atoms with Crippen LogP contribution < -0.4 is 0 Å². The van der Waals surface area contributed by atoms with Gasteiger partial charge in [0.2, 0.25) is 0 Å². The molecule has 104 valence electrons. The van der Waals surface area contributed by atoms with Crippen LogP contribution in [-0.2, 0) is 16.1 Å². The Balaban J connectivity index is 1.85. The molecule has 0 amide bonds. The van der Waals surface area contributed by atoms with E-state index in [1.54, 1.807) is 4.90 Å². The Morgan fingerprint density at radius 3 is 3.11 bits per heavy atom. The quantitative estimate of drug-likeness (QED) is 0.306. The van der Waals surface area contributed by atoms with Crippen molar-refractivity contribution in [1.82, 2.24) is 14.5 Å². The number of aliphatic hydroxyl groups excluding tert-OH is 1. The first-order valence-corrected chi connectivity index (χ1v) is 5.68. The van der Waals surface area contributed by atoms with E-state index in [-0.39, 0.29) is 31.0 Å². The zero-order chi connectivity index (χ0) is 14.0. The highest BCUT2D eigenvalue weighted by Crippen LogP contribution is 2.19. The molecule has 0 aliphatic carbocycles. The highest BCUT2D eigenvalue weighted by Gasteiger charge is 2.42. The number of β-amino-alcohol motifs (C(OH)–C–C–N with tert-alkyl or cyclic N) is 1. The van der Waals surface area contributed by atoms with Crippen molar-refractivity contribution >= 4 is 11.9 Å². The average molecular weight is 270 g/mol. The highest BCUT2D eigenvalue weighted by atomic mass is 16.6. The largest absolute Gasteiger partial charge is 0.468 e. The number of hydrogen-bond acceptors (Lipinski definition) is 7. The minimum absolute atomic E-state index is 0.0563. The third kappa shape index (κ3) is 3.06. The number of carbonyl (C=O) groups excluding carboxylic acids is 1.